The molecule has 0 aliphatic rings. The number of hydrogen-bond donors (Lipinski definition) is 0. The maximum absolute atomic E-state index is 14.0. The molecule has 4 aromatic rings. The van der Waals surface area contributed by atoms with Gasteiger partial charge in [0.2, 0.25) is 0 Å². The number of anilines is 1. The van der Waals surface area contributed by atoms with Gasteiger partial charge in [0.1, 0.15) is 17.0 Å². The molecule has 0 N–H and O–H groups in total. The SMILES string of the molecule is C[C@@H](Oc1ccc(Oc2ccc(C#N)cc2F)cc1)C(=O)N(C)c1nc2cc(Cl)ccc2o1. The van der Waals surface area contributed by atoms with Crippen LogP contribution in [0, 0.1) is 17.1 Å². The number of fused-ring (bicyclic) bond motifs is 1. The Labute approximate surface area is 193 Å². The van der Waals surface area contributed by atoms with Crippen LogP contribution in [0.2, 0.25) is 5.02 Å². The first-order chi connectivity index (χ1) is 15.8. The highest BCUT2D eigenvalue weighted by Gasteiger charge is 2.24. The highest BCUT2D eigenvalue weighted by molar-refractivity contribution is 6.31. The second-order valence-corrected chi connectivity index (χ2v) is 7.53. The zero-order valence-corrected chi connectivity index (χ0v) is 18.3. The van der Waals surface area contributed by atoms with Crippen LogP contribution >= 0.6 is 11.6 Å². The fourth-order valence-electron chi connectivity index (χ4n) is 3.02. The van der Waals surface area contributed by atoms with E-state index in [9.17, 15) is 9.18 Å². The fraction of sp³-hybridized carbons (Fsp3) is 0.125. The lowest BCUT2D eigenvalue weighted by Crippen LogP contribution is -2.38. The molecule has 166 valence electrons. The number of ether oxygens (including phenoxy) is 2. The summed E-state index contributed by atoms with van der Waals surface area (Å²) in [6.07, 6.45) is -0.837. The number of oxazole rings is 1. The lowest BCUT2D eigenvalue weighted by molar-refractivity contribution is -0.124. The number of hydrogen-bond acceptors (Lipinski definition) is 6. The maximum Gasteiger partial charge on any atom is 0.305 e. The zero-order valence-electron chi connectivity index (χ0n) is 17.6. The molecule has 0 saturated heterocycles. The van der Waals surface area contributed by atoms with Gasteiger partial charge in [-0.25, -0.2) is 4.39 Å². The Balaban J connectivity index is 1.40. The summed E-state index contributed by atoms with van der Waals surface area (Å²) in [5.41, 5.74) is 1.26. The number of likely N-dealkylation sites (N-methyl/N-ethyl adjacent to an activating group) is 1. The summed E-state index contributed by atoms with van der Waals surface area (Å²) in [5, 5.41) is 9.33. The molecule has 33 heavy (non-hydrogen) atoms. The number of nitrogens with zero attached hydrogens (tertiary/aromatic N) is 3. The molecule has 0 radical (unpaired) electrons. The Kier molecular flexibility index (Phi) is 6.16. The Morgan fingerprint density at radius 2 is 1.88 bits per heavy atom. The number of amides is 1. The van der Waals surface area contributed by atoms with Gasteiger partial charge in [-0.1, -0.05) is 11.6 Å². The van der Waals surface area contributed by atoms with Gasteiger partial charge in [-0.15, -0.1) is 0 Å². The van der Waals surface area contributed by atoms with Crippen LogP contribution in [0.4, 0.5) is 10.4 Å². The Bertz CT molecular complexity index is 1360. The topological polar surface area (TPSA) is 88.6 Å². The van der Waals surface area contributed by atoms with Crippen molar-refractivity contribution in [1.29, 1.82) is 5.26 Å². The predicted molar refractivity (Wildman–Crippen MR) is 120 cm³/mol. The van der Waals surface area contributed by atoms with Gasteiger partial charge >= 0.3 is 6.01 Å². The maximum atomic E-state index is 14.0. The van der Waals surface area contributed by atoms with E-state index in [-0.39, 0.29) is 23.2 Å². The number of aromatic nitrogens is 1. The monoisotopic (exact) mass is 465 g/mol. The van der Waals surface area contributed by atoms with E-state index in [0.29, 0.717) is 27.6 Å². The average Bonchev–Trinajstić information content (AvgIpc) is 3.23. The van der Waals surface area contributed by atoms with E-state index in [1.54, 1.807) is 49.4 Å². The molecule has 0 aliphatic heterocycles. The van der Waals surface area contributed by atoms with Crippen molar-refractivity contribution in [2.24, 2.45) is 0 Å². The molecule has 0 bridgehead atoms. The van der Waals surface area contributed by atoms with Gasteiger partial charge in [-0.05, 0) is 67.6 Å². The van der Waals surface area contributed by atoms with Gasteiger partial charge in [0.15, 0.2) is 23.3 Å². The summed E-state index contributed by atoms with van der Waals surface area (Å²) in [5.74, 6) is -0.230. The molecule has 9 heteroatoms. The fourth-order valence-corrected chi connectivity index (χ4v) is 3.19. The molecule has 0 saturated carbocycles. The molecular weight excluding hydrogens is 449 g/mol. The third kappa shape index (κ3) is 4.89. The molecular formula is C24H17ClFN3O4. The quantitative estimate of drug-likeness (QED) is 0.362. The Hall–Kier alpha value is -4.09. The van der Waals surface area contributed by atoms with E-state index < -0.39 is 11.9 Å². The number of carbonyl (C=O) groups excluding carboxylic acids is 1. The van der Waals surface area contributed by atoms with Gasteiger partial charge in [0.05, 0.1) is 11.6 Å². The summed E-state index contributed by atoms with van der Waals surface area (Å²) >= 11 is 5.97. The standard InChI is InChI=1S/C24H17ClFN3O4/c1-14(23(30)29(2)24-28-20-12-16(25)4-10-22(20)33-24)31-17-5-7-18(8-6-17)32-21-9-3-15(13-27)11-19(21)26/h3-12,14H,1-2H3/t14-/m1/s1. The minimum atomic E-state index is -0.837. The summed E-state index contributed by atoms with van der Waals surface area (Å²) in [4.78, 5) is 18.3. The lowest BCUT2D eigenvalue weighted by Gasteiger charge is -2.19. The van der Waals surface area contributed by atoms with E-state index in [2.05, 4.69) is 4.98 Å². The predicted octanol–water partition coefficient (Wildman–Crippen LogP) is 5.71. The van der Waals surface area contributed by atoms with E-state index in [1.165, 1.54) is 24.1 Å². The van der Waals surface area contributed by atoms with E-state index in [4.69, 9.17) is 30.8 Å². The van der Waals surface area contributed by atoms with Crippen LogP contribution < -0.4 is 14.4 Å². The van der Waals surface area contributed by atoms with Crippen LogP contribution in [0.3, 0.4) is 0 Å². The van der Waals surface area contributed by atoms with E-state index in [0.717, 1.165) is 6.07 Å². The number of nitriles is 1. The number of halogens is 2. The normalized spacial score (nSPS) is 11.6. The van der Waals surface area contributed by atoms with E-state index >= 15 is 0 Å². The third-order valence-electron chi connectivity index (χ3n) is 4.73. The molecule has 1 heterocycles. The molecule has 3 aromatic carbocycles. The van der Waals surface area contributed by atoms with Gasteiger partial charge in [0, 0.05) is 12.1 Å². The second kappa shape index (κ2) is 9.18. The van der Waals surface area contributed by atoms with Crippen molar-refractivity contribution in [2.45, 2.75) is 13.0 Å². The first-order valence-electron chi connectivity index (χ1n) is 9.82. The van der Waals surface area contributed by atoms with Crippen LogP contribution in [0.15, 0.2) is 65.1 Å². The van der Waals surface area contributed by atoms with Crippen molar-refractivity contribution in [1.82, 2.24) is 4.98 Å². The zero-order chi connectivity index (χ0) is 23.5. The van der Waals surface area contributed by atoms with Gasteiger partial charge in [0.25, 0.3) is 5.91 Å². The molecule has 1 amide bonds. The third-order valence-corrected chi connectivity index (χ3v) is 4.96. The highest BCUT2D eigenvalue weighted by Crippen LogP contribution is 2.28. The molecule has 4 rings (SSSR count). The lowest BCUT2D eigenvalue weighted by atomic mass is 10.2. The molecule has 7 nitrogen and oxygen atoms in total. The summed E-state index contributed by atoms with van der Waals surface area (Å²) in [6, 6.07) is 17.3. The average molecular weight is 466 g/mol. The number of benzene rings is 3. The van der Waals surface area contributed by atoms with Crippen molar-refractivity contribution >= 4 is 34.6 Å². The molecule has 0 fully saturated rings. The van der Waals surface area contributed by atoms with Gasteiger partial charge in [-0.3, -0.25) is 9.69 Å². The van der Waals surface area contributed by atoms with Crippen LogP contribution in [0.25, 0.3) is 11.1 Å². The number of rotatable bonds is 6. The van der Waals surface area contributed by atoms with E-state index in [1.807, 2.05) is 6.07 Å². The van der Waals surface area contributed by atoms with Crippen molar-refractivity contribution < 1.29 is 23.1 Å². The van der Waals surface area contributed by atoms with Gasteiger partial charge in [-0.2, -0.15) is 10.2 Å². The van der Waals surface area contributed by atoms with Crippen molar-refractivity contribution in [3.05, 3.63) is 77.1 Å². The molecule has 1 aromatic heterocycles. The molecule has 0 aliphatic carbocycles. The number of carbonyl (C=O) groups is 1. The summed E-state index contributed by atoms with van der Waals surface area (Å²) in [6.45, 7) is 1.61. The van der Waals surface area contributed by atoms with Crippen LogP contribution in [-0.2, 0) is 4.79 Å². The van der Waals surface area contributed by atoms with Crippen molar-refractivity contribution in [3.8, 4) is 23.3 Å². The first kappa shape index (κ1) is 22.1. The highest BCUT2D eigenvalue weighted by atomic mass is 35.5. The van der Waals surface area contributed by atoms with Crippen LogP contribution in [0.1, 0.15) is 12.5 Å². The molecule has 1 atom stereocenters. The van der Waals surface area contributed by atoms with Gasteiger partial charge < -0.3 is 13.9 Å². The second-order valence-electron chi connectivity index (χ2n) is 7.10. The van der Waals surface area contributed by atoms with Crippen molar-refractivity contribution in [3.63, 3.8) is 0 Å². The van der Waals surface area contributed by atoms with Crippen molar-refractivity contribution in [2.75, 3.05) is 11.9 Å². The Morgan fingerprint density at radius 3 is 2.58 bits per heavy atom. The minimum Gasteiger partial charge on any atom is -0.481 e. The molecule has 0 spiro atoms. The largest absolute Gasteiger partial charge is 0.481 e. The van der Waals surface area contributed by atoms with Crippen LogP contribution in [-0.4, -0.2) is 24.0 Å². The summed E-state index contributed by atoms with van der Waals surface area (Å²) < 4.78 is 30.8. The molecule has 0 unspecified atom stereocenters. The smallest absolute Gasteiger partial charge is 0.305 e. The minimum absolute atomic E-state index is 0.00698. The Morgan fingerprint density at radius 1 is 1.15 bits per heavy atom. The van der Waals surface area contributed by atoms with Crippen LogP contribution in [0.5, 0.6) is 17.2 Å². The first-order valence-corrected chi connectivity index (χ1v) is 10.2. The summed E-state index contributed by atoms with van der Waals surface area (Å²) in [7, 11) is 1.54.